The minimum atomic E-state index is 0. The van der Waals surface area contributed by atoms with E-state index in [0.29, 0.717) is 18.5 Å². The van der Waals surface area contributed by atoms with E-state index in [1.54, 1.807) is 7.11 Å². The summed E-state index contributed by atoms with van der Waals surface area (Å²) in [5, 5.41) is 9.73. The smallest absolute Gasteiger partial charge is 0.223 e. The summed E-state index contributed by atoms with van der Waals surface area (Å²) in [6.07, 6.45) is 10.6. The van der Waals surface area contributed by atoms with Crippen LogP contribution in [0.25, 0.3) is 0 Å². The largest absolute Gasteiger partial charge is 0.385 e. The number of carbonyl (C=O) groups excluding carboxylic acids is 1. The highest BCUT2D eigenvalue weighted by Gasteiger charge is 2.36. The van der Waals surface area contributed by atoms with Crippen LogP contribution in [0.15, 0.2) is 4.99 Å². The zero-order chi connectivity index (χ0) is 18.7. The molecule has 0 atom stereocenters. The molecule has 0 spiro atoms. The predicted molar refractivity (Wildman–Crippen MR) is 122 cm³/mol. The molecular formula is C20H39IN4O2. The fraction of sp³-hybridized carbons (Fsp3) is 0.900. The Kier molecular flexibility index (Phi) is 12.3. The molecule has 0 aromatic heterocycles. The van der Waals surface area contributed by atoms with E-state index in [1.165, 1.54) is 38.5 Å². The molecule has 27 heavy (non-hydrogen) atoms. The average molecular weight is 494 g/mol. The standard InChI is InChI=1S/C20H38N4O2.HI/c1-3-21-19(24-16-20(10-7-11-20)12-15-26-2)23-14-13-22-18(25)17-8-5-4-6-9-17;/h17H,3-16H2,1-2H3,(H,22,25)(H2,21,23,24);1H. The van der Waals surface area contributed by atoms with Crippen molar-refractivity contribution < 1.29 is 9.53 Å². The molecular weight excluding hydrogens is 455 g/mol. The fourth-order valence-corrected chi connectivity index (χ4v) is 3.95. The number of ether oxygens (including phenoxy) is 1. The first-order valence-corrected chi connectivity index (χ1v) is 10.5. The van der Waals surface area contributed by atoms with Gasteiger partial charge in [0.2, 0.25) is 5.91 Å². The van der Waals surface area contributed by atoms with Crippen molar-refractivity contribution >= 4 is 35.8 Å². The van der Waals surface area contributed by atoms with Crippen molar-refractivity contribution in [2.45, 2.75) is 64.7 Å². The lowest BCUT2D eigenvalue weighted by atomic mass is 9.67. The monoisotopic (exact) mass is 494 g/mol. The van der Waals surface area contributed by atoms with Crippen molar-refractivity contribution in [3.05, 3.63) is 0 Å². The van der Waals surface area contributed by atoms with Crippen LogP contribution in [0.4, 0.5) is 0 Å². The molecule has 2 rings (SSSR count). The SMILES string of the molecule is CCNC(=NCC1(CCOC)CCC1)NCCNC(=O)C1CCCCC1.I. The second-order valence-corrected chi connectivity index (χ2v) is 7.84. The maximum Gasteiger partial charge on any atom is 0.223 e. The summed E-state index contributed by atoms with van der Waals surface area (Å²) in [5.41, 5.74) is 0.327. The van der Waals surface area contributed by atoms with E-state index >= 15 is 0 Å². The summed E-state index contributed by atoms with van der Waals surface area (Å²) in [6.45, 7) is 5.92. The third-order valence-corrected chi connectivity index (χ3v) is 5.86. The normalized spacial score (nSPS) is 19.6. The molecule has 0 saturated heterocycles. The molecule has 0 unspecified atom stereocenters. The van der Waals surface area contributed by atoms with Gasteiger partial charge in [0.15, 0.2) is 5.96 Å². The lowest BCUT2D eigenvalue weighted by molar-refractivity contribution is -0.125. The molecule has 2 saturated carbocycles. The Hall–Kier alpha value is -0.570. The van der Waals surface area contributed by atoms with E-state index in [1.807, 2.05) is 0 Å². The summed E-state index contributed by atoms with van der Waals surface area (Å²) in [6, 6.07) is 0. The van der Waals surface area contributed by atoms with Crippen molar-refractivity contribution in [2.75, 3.05) is 39.9 Å². The highest BCUT2D eigenvalue weighted by molar-refractivity contribution is 14.0. The Morgan fingerprint density at radius 1 is 1.07 bits per heavy atom. The van der Waals surface area contributed by atoms with Crippen LogP contribution in [-0.4, -0.2) is 51.8 Å². The number of aliphatic imine (C=N–C) groups is 1. The Bertz CT molecular complexity index is 449. The predicted octanol–water partition coefficient (Wildman–Crippen LogP) is 3.06. The lowest BCUT2D eigenvalue weighted by Gasteiger charge is -2.40. The van der Waals surface area contributed by atoms with Crippen molar-refractivity contribution in [3.8, 4) is 0 Å². The van der Waals surface area contributed by atoms with Gasteiger partial charge in [-0.3, -0.25) is 9.79 Å². The molecule has 1 amide bonds. The molecule has 6 nitrogen and oxygen atoms in total. The van der Waals surface area contributed by atoms with Crippen LogP contribution >= 0.6 is 24.0 Å². The van der Waals surface area contributed by atoms with Crippen LogP contribution in [0.1, 0.15) is 64.7 Å². The molecule has 0 aromatic carbocycles. The minimum absolute atomic E-state index is 0. The topological polar surface area (TPSA) is 74.8 Å². The second kappa shape index (κ2) is 13.6. The van der Waals surface area contributed by atoms with Crippen LogP contribution in [0.5, 0.6) is 0 Å². The second-order valence-electron chi connectivity index (χ2n) is 7.84. The van der Waals surface area contributed by atoms with Gasteiger partial charge in [0, 0.05) is 45.8 Å². The number of halogens is 1. The van der Waals surface area contributed by atoms with Gasteiger partial charge in [0.05, 0.1) is 0 Å². The van der Waals surface area contributed by atoms with Gasteiger partial charge in [-0.05, 0) is 44.4 Å². The highest BCUT2D eigenvalue weighted by atomic mass is 127. The third-order valence-electron chi connectivity index (χ3n) is 5.86. The number of carbonyl (C=O) groups is 1. The Morgan fingerprint density at radius 3 is 2.37 bits per heavy atom. The molecule has 2 aliphatic rings. The molecule has 2 fully saturated rings. The molecule has 0 aliphatic heterocycles. The van der Waals surface area contributed by atoms with Gasteiger partial charge in [-0.1, -0.05) is 25.7 Å². The van der Waals surface area contributed by atoms with Gasteiger partial charge in [-0.15, -0.1) is 24.0 Å². The van der Waals surface area contributed by atoms with Crippen molar-refractivity contribution in [3.63, 3.8) is 0 Å². The van der Waals surface area contributed by atoms with Crippen LogP contribution in [0.2, 0.25) is 0 Å². The molecule has 0 heterocycles. The van der Waals surface area contributed by atoms with E-state index in [0.717, 1.165) is 44.9 Å². The van der Waals surface area contributed by atoms with Crippen LogP contribution in [0, 0.1) is 11.3 Å². The molecule has 158 valence electrons. The Balaban J connectivity index is 0.00000364. The zero-order valence-corrected chi connectivity index (χ0v) is 19.5. The molecule has 0 radical (unpaired) electrons. The Labute approximate surface area is 182 Å². The first kappa shape index (κ1) is 24.5. The van der Waals surface area contributed by atoms with Crippen LogP contribution in [0.3, 0.4) is 0 Å². The van der Waals surface area contributed by atoms with Gasteiger partial charge < -0.3 is 20.7 Å². The highest BCUT2D eigenvalue weighted by Crippen LogP contribution is 2.44. The first-order chi connectivity index (χ1) is 12.7. The summed E-state index contributed by atoms with van der Waals surface area (Å²) in [5.74, 6) is 1.30. The van der Waals surface area contributed by atoms with Crippen LogP contribution < -0.4 is 16.0 Å². The van der Waals surface area contributed by atoms with Gasteiger partial charge in [-0.2, -0.15) is 0 Å². The van der Waals surface area contributed by atoms with Gasteiger partial charge in [-0.25, -0.2) is 0 Å². The van der Waals surface area contributed by atoms with Crippen molar-refractivity contribution in [1.82, 2.24) is 16.0 Å². The molecule has 2 aliphatic carbocycles. The fourth-order valence-electron chi connectivity index (χ4n) is 3.95. The third kappa shape index (κ3) is 8.54. The summed E-state index contributed by atoms with van der Waals surface area (Å²) in [4.78, 5) is 17.0. The van der Waals surface area contributed by atoms with Gasteiger partial charge in [0.1, 0.15) is 0 Å². The molecule has 0 aromatic rings. The lowest BCUT2D eigenvalue weighted by Crippen LogP contribution is -2.43. The van der Waals surface area contributed by atoms with Gasteiger partial charge in [0.25, 0.3) is 0 Å². The minimum Gasteiger partial charge on any atom is -0.385 e. The van der Waals surface area contributed by atoms with E-state index in [-0.39, 0.29) is 35.8 Å². The summed E-state index contributed by atoms with van der Waals surface area (Å²) < 4.78 is 5.26. The zero-order valence-electron chi connectivity index (χ0n) is 17.1. The maximum absolute atomic E-state index is 12.2. The summed E-state index contributed by atoms with van der Waals surface area (Å²) in [7, 11) is 1.77. The first-order valence-electron chi connectivity index (χ1n) is 10.5. The van der Waals surface area contributed by atoms with E-state index in [2.05, 4.69) is 22.9 Å². The number of nitrogens with zero attached hydrogens (tertiary/aromatic N) is 1. The molecule has 7 heteroatoms. The quantitative estimate of drug-likeness (QED) is 0.189. The maximum atomic E-state index is 12.2. The number of nitrogens with one attached hydrogen (secondary N) is 3. The number of hydrogen-bond acceptors (Lipinski definition) is 3. The Morgan fingerprint density at radius 2 is 1.78 bits per heavy atom. The number of hydrogen-bond donors (Lipinski definition) is 3. The van der Waals surface area contributed by atoms with Gasteiger partial charge >= 0.3 is 0 Å². The number of methoxy groups -OCH3 is 1. The van der Waals surface area contributed by atoms with Crippen molar-refractivity contribution in [1.29, 1.82) is 0 Å². The molecule has 0 bridgehead atoms. The average Bonchev–Trinajstić information content (AvgIpc) is 2.64. The molecule has 3 N–H and O–H groups in total. The van der Waals surface area contributed by atoms with Crippen LogP contribution in [-0.2, 0) is 9.53 Å². The van der Waals surface area contributed by atoms with Crippen molar-refractivity contribution in [2.24, 2.45) is 16.3 Å². The summed E-state index contributed by atoms with van der Waals surface area (Å²) >= 11 is 0. The number of guanidine groups is 1. The number of rotatable bonds is 10. The van der Waals surface area contributed by atoms with E-state index < -0.39 is 0 Å². The number of amides is 1. The van der Waals surface area contributed by atoms with E-state index in [4.69, 9.17) is 9.73 Å². The van der Waals surface area contributed by atoms with E-state index in [9.17, 15) is 4.79 Å².